The second-order valence-corrected chi connectivity index (χ2v) is 8.31. The summed E-state index contributed by atoms with van der Waals surface area (Å²) in [6.07, 6.45) is -5.03. The third-order valence-corrected chi connectivity index (χ3v) is 5.97. The summed E-state index contributed by atoms with van der Waals surface area (Å²) < 4.78 is 53.2. The van der Waals surface area contributed by atoms with E-state index in [9.17, 15) is 27.2 Å². The quantitative estimate of drug-likeness (QED) is 0.464. The Morgan fingerprint density at radius 2 is 1.74 bits per heavy atom. The highest BCUT2D eigenvalue weighted by Crippen LogP contribution is 2.34. The van der Waals surface area contributed by atoms with E-state index in [0.717, 1.165) is 23.3 Å². The number of benzene rings is 3. The molecule has 34 heavy (non-hydrogen) atoms. The number of nitrogens with one attached hydrogen (secondary N) is 1. The Labute approximate surface area is 198 Å². The number of hydrogen-bond acceptors (Lipinski definition) is 2. The number of alkyl halides is 3. The molecule has 2 amide bonds. The molecule has 176 valence electrons. The van der Waals surface area contributed by atoms with Gasteiger partial charge in [0.15, 0.2) is 0 Å². The fourth-order valence-corrected chi connectivity index (χ4v) is 4.22. The SMILES string of the molecule is O=C(Cc1cccc(C(F)(F)F)c1F)Nc1c(Cl)ccc2c1CCN(C(=O)c1ccccc1)C2. The van der Waals surface area contributed by atoms with E-state index < -0.39 is 29.9 Å². The van der Waals surface area contributed by atoms with Crippen molar-refractivity contribution in [3.8, 4) is 0 Å². The second kappa shape index (κ2) is 9.46. The molecule has 4 rings (SSSR count). The van der Waals surface area contributed by atoms with Gasteiger partial charge in [-0.3, -0.25) is 9.59 Å². The summed E-state index contributed by atoms with van der Waals surface area (Å²) in [7, 11) is 0. The molecule has 3 aromatic carbocycles. The molecule has 0 radical (unpaired) electrons. The molecule has 3 aromatic rings. The number of anilines is 1. The van der Waals surface area contributed by atoms with E-state index in [2.05, 4.69) is 5.32 Å². The summed E-state index contributed by atoms with van der Waals surface area (Å²) in [5, 5.41) is 2.88. The molecule has 1 N–H and O–H groups in total. The van der Waals surface area contributed by atoms with Crippen LogP contribution in [0.2, 0.25) is 5.02 Å². The summed E-state index contributed by atoms with van der Waals surface area (Å²) in [6, 6.07) is 15.0. The third kappa shape index (κ3) is 4.92. The van der Waals surface area contributed by atoms with Gasteiger partial charge in [0.1, 0.15) is 5.82 Å². The van der Waals surface area contributed by atoms with Gasteiger partial charge in [-0.15, -0.1) is 0 Å². The van der Waals surface area contributed by atoms with Crippen LogP contribution in [0.3, 0.4) is 0 Å². The Morgan fingerprint density at radius 3 is 2.44 bits per heavy atom. The zero-order chi connectivity index (χ0) is 24.5. The summed E-state index contributed by atoms with van der Waals surface area (Å²) in [6.45, 7) is 0.706. The van der Waals surface area contributed by atoms with Gasteiger partial charge in [0.25, 0.3) is 5.91 Å². The lowest BCUT2D eigenvalue weighted by Gasteiger charge is -2.30. The zero-order valence-electron chi connectivity index (χ0n) is 17.8. The van der Waals surface area contributed by atoms with Crippen molar-refractivity contribution in [2.24, 2.45) is 0 Å². The standard InChI is InChI=1S/C25H19ClF4N2O2/c26-20-10-9-17-14-32(24(34)15-5-2-1-3-6-15)12-11-18(17)23(20)31-21(33)13-16-7-4-8-19(22(16)27)25(28,29)30/h1-10H,11-14H2,(H,31,33). The van der Waals surface area contributed by atoms with Gasteiger partial charge in [0.2, 0.25) is 5.91 Å². The predicted molar refractivity (Wildman–Crippen MR) is 120 cm³/mol. The van der Waals surface area contributed by atoms with Crippen molar-refractivity contribution in [1.29, 1.82) is 0 Å². The largest absolute Gasteiger partial charge is 0.419 e. The lowest BCUT2D eigenvalue weighted by Crippen LogP contribution is -2.36. The highest BCUT2D eigenvalue weighted by Gasteiger charge is 2.35. The van der Waals surface area contributed by atoms with Gasteiger partial charge in [0, 0.05) is 18.7 Å². The fourth-order valence-electron chi connectivity index (χ4n) is 3.99. The fraction of sp³-hybridized carbons (Fsp3) is 0.200. The molecule has 0 fully saturated rings. The lowest BCUT2D eigenvalue weighted by molar-refractivity contribution is -0.140. The molecule has 0 bridgehead atoms. The maximum absolute atomic E-state index is 14.3. The van der Waals surface area contributed by atoms with Crippen LogP contribution in [-0.4, -0.2) is 23.3 Å². The normalized spacial score (nSPS) is 13.4. The minimum Gasteiger partial charge on any atom is -0.334 e. The first kappa shape index (κ1) is 23.8. The van der Waals surface area contributed by atoms with E-state index in [-0.39, 0.29) is 16.5 Å². The topological polar surface area (TPSA) is 49.4 Å². The number of carbonyl (C=O) groups is 2. The average molecular weight is 491 g/mol. The van der Waals surface area contributed by atoms with Gasteiger partial charge in [0.05, 0.1) is 22.7 Å². The molecule has 0 saturated heterocycles. The molecule has 9 heteroatoms. The Balaban J connectivity index is 1.53. The molecule has 1 aliphatic heterocycles. The number of carbonyl (C=O) groups excluding carboxylic acids is 2. The van der Waals surface area contributed by atoms with Gasteiger partial charge in [-0.2, -0.15) is 13.2 Å². The molecule has 0 aliphatic carbocycles. The van der Waals surface area contributed by atoms with Gasteiger partial charge < -0.3 is 10.2 Å². The van der Waals surface area contributed by atoms with Gasteiger partial charge >= 0.3 is 6.18 Å². The van der Waals surface area contributed by atoms with Crippen molar-refractivity contribution < 1.29 is 27.2 Å². The number of halogens is 5. The maximum atomic E-state index is 14.3. The van der Waals surface area contributed by atoms with E-state index in [1.807, 2.05) is 6.07 Å². The molecule has 0 aromatic heterocycles. The van der Waals surface area contributed by atoms with Crippen LogP contribution in [-0.2, 0) is 30.4 Å². The van der Waals surface area contributed by atoms with Crippen LogP contribution in [0.4, 0.5) is 23.2 Å². The zero-order valence-corrected chi connectivity index (χ0v) is 18.5. The van der Waals surface area contributed by atoms with Crippen molar-refractivity contribution in [2.45, 2.75) is 25.6 Å². The molecule has 0 saturated carbocycles. The first-order valence-corrected chi connectivity index (χ1v) is 10.8. The van der Waals surface area contributed by atoms with Crippen molar-refractivity contribution in [3.05, 3.63) is 99.3 Å². The Morgan fingerprint density at radius 1 is 1.00 bits per heavy atom. The molecular formula is C25H19ClF4N2O2. The van der Waals surface area contributed by atoms with Crippen LogP contribution in [0.5, 0.6) is 0 Å². The minimum absolute atomic E-state index is 0.119. The van der Waals surface area contributed by atoms with E-state index in [1.165, 1.54) is 0 Å². The van der Waals surface area contributed by atoms with Crippen molar-refractivity contribution in [3.63, 3.8) is 0 Å². The first-order valence-electron chi connectivity index (χ1n) is 10.4. The number of amides is 2. The molecule has 1 heterocycles. The molecule has 0 atom stereocenters. The van der Waals surface area contributed by atoms with Crippen LogP contribution >= 0.6 is 11.6 Å². The number of hydrogen-bond donors (Lipinski definition) is 1. The van der Waals surface area contributed by atoms with Gasteiger partial charge in [-0.1, -0.05) is 48.0 Å². The highest BCUT2D eigenvalue weighted by molar-refractivity contribution is 6.34. The third-order valence-electron chi connectivity index (χ3n) is 5.66. The van der Waals surface area contributed by atoms with Gasteiger partial charge in [-0.25, -0.2) is 4.39 Å². The lowest BCUT2D eigenvalue weighted by atomic mass is 9.96. The average Bonchev–Trinajstić information content (AvgIpc) is 2.81. The van der Waals surface area contributed by atoms with E-state index >= 15 is 0 Å². The molecule has 0 spiro atoms. The molecule has 0 unspecified atom stereocenters. The Hall–Kier alpha value is -3.39. The van der Waals surface area contributed by atoms with Crippen molar-refractivity contribution in [1.82, 2.24) is 4.90 Å². The van der Waals surface area contributed by atoms with Crippen LogP contribution < -0.4 is 5.32 Å². The summed E-state index contributed by atoms with van der Waals surface area (Å²) >= 11 is 6.30. The number of rotatable bonds is 4. The van der Waals surface area contributed by atoms with Crippen molar-refractivity contribution in [2.75, 3.05) is 11.9 Å². The first-order chi connectivity index (χ1) is 16.1. The Bertz CT molecular complexity index is 1250. The van der Waals surface area contributed by atoms with E-state index in [0.29, 0.717) is 36.8 Å². The Kier molecular flexibility index (Phi) is 6.61. The minimum atomic E-state index is -4.86. The second-order valence-electron chi connectivity index (χ2n) is 7.90. The van der Waals surface area contributed by atoms with Crippen LogP contribution in [0.15, 0.2) is 60.7 Å². The maximum Gasteiger partial charge on any atom is 0.419 e. The van der Waals surface area contributed by atoms with Crippen LogP contribution in [0, 0.1) is 5.82 Å². The van der Waals surface area contributed by atoms with E-state index in [4.69, 9.17) is 11.6 Å². The summed E-state index contributed by atoms with van der Waals surface area (Å²) in [5.41, 5.74) is 0.631. The monoisotopic (exact) mass is 490 g/mol. The summed E-state index contributed by atoms with van der Waals surface area (Å²) in [4.78, 5) is 27.1. The highest BCUT2D eigenvalue weighted by atomic mass is 35.5. The number of fused-ring (bicyclic) bond motifs is 1. The van der Waals surface area contributed by atoms with Gasteiger partial charge in [-0.05, 0) is 47.4 Å². The molecule has 1 aliphatic rings. The number of nitrogens with zero attached hydrogens (tertiary/aromatic N) is 1. The van der Waals surface area contributed by atoms with Crippen LogP contribution in [0.25, 0.3) is 0 Å². The van der Waals surface area contributed by atoms with E-state index in [1.54, 1.807) is 41.3 Å². The molecule has 4 nitrogen and oxygen atoms in total. The smallest absolute Gasteiger partial charge is 0.334 e. The van der Waals surface area contributed by atoms with Crippen LogP contribution in [0.1, 0.15) is 32.6 Å². The summed E-state index contributed by atoms with van der Waals surface area (Å²) in [5.74, 6) is -2.29. The molecular weight excluding hydrogens is 472 g/mol. The predicted octanol–water partition coefficient (Wildman–Crippen LogP) is 5.88. The van der Waals surface area contributed by atoms with Crippen molar-refractivity contribution >= 4 is 29.1 Å².